The third-order valence-corrected chi connectivity index (χ3v) is 3.63. The normalized spacial score (nSPS) is 11.5. The van der Waals surface area contributed by atoms with Crippen molar-refractivity contribution in [2.75, 3.05) is 0 Å². The molecule has 0 saturated heterocycles. The first-order valence-corrected chi connectivity index (χ1v) is 6.88. The van der Waals surface area contributed by atoms with Crippen LogP contribution in [0.4, 0.5) is 4.39 Å². The first-order chi connectivity index (χ1) is 8.38. The van der Waals surface area contributed by atoms with E-state index >= 15 is 0 Å². The van der Waals surface area contributed by atoms with Gasteiger partial charge in [0.15, 0.2) is 0 Å². The summed E-state index contributed by atoms with van der Waals surface area (Å²) in [5.41, 5.74) is 1.11. The molecule has 18 heavy (non-hydrogen) atoms. The standard InChI is InChI=1S/C12H9ClFNO2S/c13-12-7-9(14)4-5-11(12)8-2-1-3-10(6-8)18(15,16)17/h1-7H,(H2,15,16,17). The average Bonchev–Trinajstić information content (AvgIpc) is 2.28. The molecule has 0 radical (unpaired) electrons. The Balaban J connectivity index is 2.58. The maximum absolute atomic E-state index is 12.9. The summed E-state index contributed by atoms with van der Waals surface area (Å²) < 4.78 is 35.4. The lowest BCUT2D eigenvalue weighted by atomic mass is 10.1. The Bertz CT molecular complexity index is 701. The van der Waals surface area contributed by atoms with Gasteiger partial charge in [0.1, 0.15) is 5.82 Å². The zero-order valence-corrected chi connectivity index (χ0v) is 10.7. The van der Waals surface area contributed by atoms with Gasteiger partial charge in [0.05, 0.1) is 9.92 Å². The fourth-order valence-electron chi connectivity index (χ4n) is 1.56. The molecule has 0 aliphatic rings. The number of sulfonamides is 1. The first-order valence-electron chi connectivity index (χ1n) is 4.96. The number of hydrogen-bond donors (Lipinski definition) is 1. The SMILES string of the molecule is NS(=O)(=O)c1cccc(-c2ccc(F)cc2Cl)c1. The van der Waals surface area contributed by atoms with Gasteiger partial charge in [-0.2, -0.15) is 0 Å². The second-order valence-corrected chi connectivity index (χ2v) is 5.67. The van der Waals surface area contributed by atoms with Crippen molar-refractivity contribution >= 4 is 21.6 Å². The summed E-state index contributed by atoms with van der Waals surface area (Å²) in [4.78, 5) is -0.0135. The highest BCUT2D eigenvalue weighted by atomic mass is 35.5. The lowest BCUT2D eigenvalue weighted by molar-refractivity contribution is 0.598. The number of benzene rings is 2. The molecule has 0 unspecified atom stereocenters. The second-order valence-electron chi connectivity index (χ2n) is 3.70. The van der Waals surface area contributed by atoms with E-state index in [1.54, 1.807) is 12.1 Å². The van der Waals surface area contributed by atoms with Gasteiger partial charge in [-0.1, -0.05) is 23.7 Å². The average molecular weight is 286 g/mol. The van der Waals surface area contributed by atoms with Crippen LogP contribution in [0.25, 0.3) is 11.1 Å². The van der Waals surface area contributed by atoms with E-state index in [0.29, 0.717) is 11.1 Å². The largest absolute Gasteiger partial charge is 0.238 e. The van der Waals surface area contributed by atoms with E-state index in [9.17, 15) is 12.8 Å². The van der Waals surface area contributed by atoms with E-state index in [-0.39, 0.29) is 9.92 Å². The summed E-state index contributed by atoms with van der Waals surface area (Å²) in [6.45, 7) is 0. The highest BCUT2D eigenvalue weighted by molar-refractivity contribution is 7.89. The maximum atomic E-state index is 12.9. The quantitative estimate of drug-likeness (QED) is 0.922. The van der Waals surface area contributed by atoms with Crippen LogP contribution in [-0.4, -0.2) is 8.42 Å². The van der Waals surface area contributed by atoms with Crippen LogP contribution in [0.15, 0.2) is 47.4 Å². The molecular formula is C12H9ClFNO2S. The van der Waals surface area contributed by atoms with Gasteiger partial charge >= 0.3 is 0 Å². The van der Waals surface area contributed by atoms with E-state index in [2.05, 4.69) is 0 Å². The number of rotatable bonds is 2. The smallest absolute Gasteiger partial charge is 0.225 e. The minimum absolute atomic E-state index is 0.0135. The van der Waals surface area contributed by atoms with Gasteiger partial charge in [-0.15, -0.1) is 0 Å². The van der Waals surface area contributed by atoms with E-state index in [1.165, 1.54) is 30.3 Å². The molecule has 0 aromatic heterocycles. The van der Waals surface area contributed by atoms with E-state index in [1.807, 2.05) is 0 Å². The van der Waals surface area contributed by atoms with Crippen molar-refractivity contribution in [3.05, 3.63) is 53.3 Å². The van der Waals surface area contributed by atoms with Crippen molar-refractivity contribution < 1.29 is 12.8 Å². The molecule has 0 fully saturated rings. The molecule has 0 aliphatic heterocycles. The molecule has 2 N–H and O–H groups in total. The molecule has 6 heteroatoms. The van der Waals surface area contributed by atoms with Gasteiger partial charge in [-0.25, -0.2) is 17.9 Å². The van der Waals surface area contributed by atoms with Crippen LogP contribution in [-0.2, 0) is 10.0 Å². The van der Waals surface area contributed by atoms with Gasteiger partial charge in [0.2, 0.25) is 10.0 Å². The van der Waals surface area contributed by atoms with Gasteiger partial charge in [-0.05, 0) is 35.9 Å². The minimum Gasteiger partial charge on any atom is -0.225 e. The molecule has 0 heterocycles. The Labute approximate surface area is 109 Å². The summed E-state index contributed by atoms with van der Waals surface area (Å²) in [5.74, 6) is -0.452. The molecule has 0 amide bonds. The van der Waals surface area contributed by atoms with Crippen molar-refractivity contribution in [3.63, 3.8) is 0 Å². The van der Waals surface area contributed by atoms with Crippen molar-refractivity contribution in [2.45, 2.75) is 4.90 Å². The molecule has 0 bridgehead atoms. The van der Waals surface area contributed by atoms with Gasteiger partial charge in [0, 0.05) is 5.56 Å². The second kappa shape index (κ2) is 4.68. The summed E-state index contributed by atoms with van der Waals surface area (Å²) in [6.07, 6.45) is 0. The van der Waals surface area contributed by atoms with E-state index in [0.717, 1.165) is 0 Å². The first kappa shape index (κ1) is 13.0. The highest BCUT2D eigenvalue weighted by Crippen LogP contribution is 2.29. The van der Waals surface area contributed by atoms with Crippen LogP contribution in [0.5, 0.6) is 0 Å². The van der Waals surface area contributed by atoms with Gasteiger partial charge in [0.25, 0.3) is 0 Å². The van der Waals surface area contributed by atoms with Crippen LogP contribution in [0, 0.1) is 5.82 Å². The zero-order valence-electron chi connectivity index (χ0n) is 9.10. The Morgan fingerprint density at radius 3 is 2.44 bits per heavy atom. The van der Waals surface area contributed by atoms with Crippen molar-refractivity contribution in [1.82, 2.24) is 0 Å². The third-order valence-electron chi connectivity index (χ3n) is 2.40. The van der Waals surface area contributed by atoms with Crippen LogP contribution >= 0.6 is 11.6 Å². The van der Waals surface area contributed by atoms with Crippen LogP contribution < -0.4 is 5.14 Å². The highest BCUT2D eigenvalue weighted by Gasteiger charge is 2.10. The maximum Gasteiger partial charge on any atom is 0.238 e. The molecular weight excluding hydrogens is 277 g/mol. The third kappa shape index (κ3) is 2.69. The Morgan fingerprint density at radius 1 is 1.11 bits per heavy atom. The molecule has 94 valence electrons. The van der Waals surface area contributed by atoms with Gasteiger partial charge in [-0.3, -0.25) is 0 Å². The monoisotopic (exact) mass is 285 g/mol. The van der Waals surface area contributed by atoms with E-state index in [4.69, 9.17) is 16.7 Å². The van der Waals surface area contributed by atoms with Crippen LogP contribution in [0.2, 0.25) is 5.02 Å². The molecule has 2 aromatic carbocycles. The molecule has 2 rings (SSSR count). The fraction of sp³-hybridized carbons (Fsp3) is 0. The van der Waals surface area contributed by atoms with Gasteiger partial charge < -0.3 is 0 Å². The van der Waals surface area contributed by atoms with Crippen LogP contribution in [0.1, 0.15) is 0 Å². The molecule has 0 spiro atoms. The number of nitrogens with two attached hydrogens (primary N) is 1. The topological polar surface area (TPSA) is 60.2 Å². The molecule has 2 aromatic rings. The molecule has 0 aliphatic carbocycles. The predicted octanol–water partition coefficient (Wildman–Crippen LogP) is 2.79. The summed E-state index contributed by atoms with van der Waals surface area (Å²) >= 11 is 5.91. The van der Waals surface area contributed by atoms with Crippen molar-refractivity contribution in [1.29, 1.82) is 0 Å². The number of halogens is 2. The molecule has 0 saturated carbocycles. The minimum atomic E-state index is -3.77. The van der Waals surface area contributed by atoms with Crippen LogP contribution in [0.3, 0.4) is 0 Å². The Kier molecular flexibility index (Phi) is 3.38. The molecule has 3 nitrogen and oxygen atoms in total. The van der Waals surface area contributed by atoms with Crippen molar-refractivity contribution in [2.24, 2.45) is 5.14 Å². The summed E-state index contributed by atoms with van der Waals surface area (Å²) in [7, 11) is -3.77. The fourth-order valence-corrected chi connectivity index (χ4v) is 2.40. The number of primary sulfonamides is 1. The lowest BCUT2D eigenvalue weighted by Crippen LogP contribution is -2.11. The molecule has 0 atom stereocenters. The Hall–Kier alpha value is -1.43. The lowest BCUT2D eigenvalue weighted by Gasteiger charge is -2.06. The Morgan fingerprint density at radius 2 is 1.83 bits per heavy atom. The zero-order chi connectivity index (χ0) is 13.3. The predicted molar refractivity (Wildman–Crippen MR) is 68.2 cm³/mol. The number of hydrogen-bond acceptors (Lipinski definition) is 2. The van der Waals surface area contributed by atoms with E-state index < -0.39 is 15.8 Å². The summed E-state index contributed by atoms with van der Waals surface area (Å²) in [5, 5.41) is 5.25. The van der Waals surface area contributed by atoms with Crippen molar-refractivity contribution in [3.8, 4) is 11.1 Å². The summed E-state index contributed by atoms with van der Waals surface area (Å²) in [6, 6.07) is 9.92.